The van der Waals surface area contributed by atoms with Crippen molar-refractivity contribution in [3.63, 3.8) is 0 Å². The summed E-state index contributed by atoms with van der Waals surface area (Å²) in [6, 6.07) is 6.62. The van der Waals surface area contributed by atoms with E-state index in [-0.39, 0.29) is 0 Å². The first-order chi connectivity index (χ1) is 7.59. The first-order valence-electron chi connectivity index (χ1n) is 4.45. The predicted molar refractivity (Wildman–Crippen MR) is 66.9 cm³/mol. The Bertz CT molecular complexity index is 510. The van der Waals surface area contributed by atoms with Crippen LogP contribution in [-0.2, 0) is 0 Å². The number of aliphatic hydroxyl groups is 1. The maximum Gasteiger partial charge on any atom is 0.151 e. The fourth-order valence-electron chi connectivity index (χ4n) is 1.37. The summed E-state index contributed by atoms with van der Waals surface area (Å²) in [6.45, 7) is 0. The summed E-state index contributed by atoms with van der Waals surface area (Å²) in [5.41, 5.74) is 0.518. The van der Waals surface area contributed by atoms with Crippen molar-refractivity contribution in [3.05, 3.63) is 56.4 Å². The molecule has 16 heavy (non-hydrogen) atoms. The summed E-state index contributed by atoms with van der Waals surface area (Å²) in [5, 5.41) is 11.1. The maximum absolute atomic E-state index is 10.1. The van der Waals surface area contributed by atoms with Crippen molar-refractivity contribution < 1.29 is 9.52 Å². The van der Waals surface area contributed by atoms with Gasteiger partial charge in [0.15, 0.2) is 5.76 Å². The second kappa shape index (κ2) is 4.80. The molecule has 0 fully saturated rings. The van der Waals surface area contributed by atoms with Crippen molar-refractivity contribution >= 4 is 39.1 Å². The molecule has 84 valence electrons. The molecule has 0 aliphatic rings. The van der Waals surface area contributed by atoms with Gasteiger partial charge in [0.05, 0.1) is 10.7 Å². The number of hydrogen-bond acceptors (Lipinski definition) is 2. The highest BCUT2D eigenvalue weighted by molar-refractivity contribution is 9.10. The molecule has 1 atom stereocenters. The molecule has 5 heteroatoms. The minimum absolute atomic E-state index is 0.407. The Kier molecular flexibility index (Phi) is 3.60. The molecule has 1 heterocycles. The Morgan fingerprint density at radius 2 is 2.00 bits per heavy atom. The molecule has 0 saturated heterocycles. The zero-order valence-corrected chi connectivity index (χ0v) is 11.1. The van der Waals surface area contributed by atoms with E-state index in [1.807, 2.05) is 0 Å². The van der Waals surface area contributed by atoms with Crippen LogP contribution in [0.3, 0.4) is 0 Å². The van der Waals surface area contributed by atoms with Crippen molar-refractivity contribution in [2.45, 2.75) is 6.10 Å². The van der Waals surface area contributed by atoms with Gasteiger partial charge in [0.1, 0.15) is 6.10 Å². The van der Waals surface area contributed by atoms with E-state index in [1.54, 1.807) is 24.3 Å². The molecule has 2 aromatic rings. The van der Waals surface area contributed by atoms with Gasteiger partial charge in [-0.05, 0) is 40.2 Å². The first-order valence-corrected chi connectivity index (χ1v) is 6.00. The van der Waals surface area contributed by atoms with Crippen LogP contribution in [0.5, 0.6) is 0 Å². The number of hydrogen-bond donors (Lipinski definition) is 1. The number of halogens is 3. The molecular weight excluding hydrogens is 315 g/mol. The van der Waals surface area contributed by atoms with E-state index in [4.69, 9.17) is 27.6 Å². The van der Waals surface area contributed by atoms with Crippen LogP contribution in [0.1, 0.15) is 17.4 Å². The zero-order chi connectivity index (χ0) is 11.7. The monoisotopic (exact) mass is 320 g/mol. The minimum Gasteiger partial charge on any atom is -0.465 e. The molecule has 1 N–H and O–H groups in total. The predicted octanol–water partition coefficient (Wildman–Crippen LogP) is 4.43. The molecule has 0 radical (unpaired) electrons. The van der Waals surface area contributed by atoms with Crippen LogP contribution in [0.4, 0.5) is 0 Å². The molecule has 1 unspecified atom stereocenters. The fourth-order valence-corrected chi connectivity index (χ4v) is 2.19. The third-order valence-electron chi connectivity index (χ3n) is 2.15. The van der Waals surface area contributed by atoms with E-state index in [2.05, 4.69) is 15.9 Å². The van der Waals surface area contributed by atoms with Crippen LogP contribution in [0.15, 0.2) is 39.4 Å². The van der Waals surface area contributed by atoms with E-state index in [0.717, 1.165) is 0 Å². The summed E-state index contributed by atoms with van der Waals surface area (Å²) in [7, 11) is 0. The van der Waals surface area contributed by atoms with Gasteiger partial charge in [-0.2, -0.15) is 0 Å². The zero-order valence-electron chi connectivity index (χ0n) is 7.95. The lowest BCUT2D eigenvalue weighted by Crippen LogP contribution is -1.99. The molecule has 2 nitrogen and oxygen atoms in total. The van der Waals surface area contributed by atoms with Gasteiger partial charge in [0.2, 0.25) is 0 Å². The van der Waals surface area contributed by atoms with Crippen LogP contribution >= 0.6 is 39.1 Å². The molecule has 0 spiro atoms. The highest BCUT2D eigenvalue weighted by Gasteiger charge is 2.19. The topological polar surface area (TPSA) is 33.4 Å². The molecule has 0 saturated carbocycles. The van der Waals surface area contributed by atoms with Crippen molar-refractivity contribution in [3.8, 4) is 0 Å². The Morgan fingerprint density at radius 3 is 2.62 bits per heavy atom. The lowest BCUT2D eigenvalue weighted by molar-refractivity contribution is 0.188. The van der Waals surface area contributed by atoms with Gasteiger partial charge in [0.25, 0.3) is 0 Å². The molecule has 1 aromatic carbocycles. The molecule has 0 bridgehead atoms. The SMILES string of the molecule is OC(c1cc(Cl)ccc1Cl)c1occc1Br. The molecular formula is C11H7BrCl2O2. The molecule has 0 aliphatic carbocycles. The third-order valence-corrected chi connectivity index (χ3v) is 3.38. The van der Waals surface area contributed by atoms with E-state index in [9.17, 15) is 5.11 Å². The number of furan rings is 1. The Morgan fingerprint density at radius 1 is 1.25 bits per heavy atom. The quantitative estimate of drug-likeness (QED) is 0.887. The van der Waals surface area contributed by atoms with Gasteiger partial charge in [-0.1, -0.05) is 23.2 Å². The van der Waals surface area contributed by atoms with Gasteiger partial charge in [-0.3, -0.25) is 0 Å². The highest BCUT2D eigenvalue weighted by atomic mass is 79.9. The van der Waals surface area contributed by atoms with E-state index in [0.29, 0.717) is 25.8 Å². The van der Waals surface area contributed by atoms with Crippen molar-refractivity contribution in [1.29, 1.82) is 0 Å². The molecule has 2 rings (SSSR count). The van der Waals surface area contributed by atoms with Crippen LogP contribution in [0.2, 0.25) is 10.0 Å². The average Bonchev–Trinajstić information content (AvgIpc) is 2.67. The maximum atomic E-state index is 10.1. The van der Waals surface area contributed by atoms with Crippen molar-refractivity contribution in [1.82, 2.24) is 0 Å². The summed E-state index contributed by atoms with van der Waals surface area (Å²) in [4.78, 5) is 0. The number of rotatable bonds is 2. The molecule has 0 aliphatic heterocycles. The third kappa shape index (κ3) is 2.28. The summed E-state index contributed by atoms with van der Waals surface area (Å²) in [6.07, 6.45) is 0.553. The van der Waals surface area contributed by atoms with Gasteiger partial charge < -0.3 is 9.52 Å². The van der Waals surface area contributed by atoms with Gasteiger partial charge in [-0.25, -0.2) is 0 Å². The van der Waals surface area contributed by atoms with Crippen LogP contribution in [0.25, 0.3) is 0 Å². The summed E-state index contributed by atoms with van der Waals surface area (Å²) < 4.78 is 5.87. The van der Waals surface area contributed by atoms with Crippen molar-refractivity contribution in [2.24, 2.45) is 0 Å². The standard InChI is InChI=1S/C11H7BrCl2O2/c12-8-3-4-16-11(8)10(15)7-5-6(13)1-2-9(7)14/h1-5,10,15H. The van der Waals surface area contributed by atoms with Crippen LogP contribution in [-0.4, -0.2) is 5.11 Å². The first kappa shape index (κ1) is 12.0. The fraction of sp³-hybridized carbons (Fsp3) is 0.0909. The summed E-state index contributed by atoms with van der Waals surface area (Å²) >= 11 is 15.1. The van der Waals surface area contributed by atoms with Crippen molar-refractivity contribution in [2.75, 3.05) is 0 Å². The average molecular weight is 322 g/mol. The summed E-state index contributed by atoms with van der Waals surface area (Å²) in [5.74, 6) is 0.407. The lowest BCUT2D eigenvalue weighted by atomic mass is 10.1. The van der Waals surface area contributed by atoms with Crippen LogP contribution in [0, 0.1) is 0 Å². The normalized spacial score (nSPS) is 12.8. The van der Waals surface area contributed by atoms with Gasteiger partial charge >= 0.3 is 0 Å². The number of aliphatic hydroxyl groups excluding tert-OH is 1. The highest BCUT2D eigenvalue weighted by Crippen LogP contribution is 2.34. The molecule has 1 aromatic heterocycles. The molecule has 0 amide bonds. The Hall–Kier alpha value is -0.480. The Balaban J connectivity index is 2.45. The van der Waals surface area contributed by atoms with Crippen LogP contribution < -0.4 is 0 Å². The van der Waals surface area contributed by atoms with Gasteiger partial charge in [-0.15, -0.1) is 0 Å². The second-order valence-corrected chi connectivity index (χ2v) is 4.90. The Labute approximate surface area is 111 Å². The smallest absolute Gasteiger partial charge is 0.151 e. The largest absolute Gasteiger partial charge is 0.465 e. The lowest BCUT2D eigenvalue weighted by Gasteiger charge is -2.11. The number of benzene rings is 1. The second-order valence-electron chi connectivity index (χ2n) is 3.20. The minimum atomic E-state index is -0.935. The van der Waals surface area contributed by atoms with Gasteiger partial charge in [0, 0.05) is 15.6 Å². The van der Waals surface area contributed by atoms with E-state index >= 15 is 0 Å². The van der Waals surface area contributed by atoms with E-state index < -0.39 is 6.10 Å². The van der Waals surface area contributed by atoms with E-state index in [1.165, 1.54) is 6.26 Å².